The lowest BCUT2D eigenvalue weighted by Crippen LogP contribution is -2.32. The lowest BCUT2D eigenvalue weighted by molar-refractivity contribution is 0.0544. The van der Waals surface area contributed by atoms with Crippen molar-refractivity contribution in [1.82, 2.24) is 9.88 Å². The van der Waals surface area contributed by atoms with Gasteiger partial charge in [-0.15, -0.1) is 0 Å². The number of rotatable bonds is 4. The Kier molecular flexibility index (Phi) is 5.12. The molecule has 2 aromatic rings. The molecule has 1 amide bonds. The Labute approximate surface area is 168 Å². The van der Waals surface area contributed by atoms with Gasteiger partial charge in [0.25, 0.3) is 5.91 Å². The number of amides is 1. The van der Waals surface area contributed by atoms with Gasteiger partial charge in [-0.2, -0.15) is 0 Å². The van der Waals surface area contributed by atoms with Crippen LogP contribution in [-0.4, -0.2) is 35.0 Å². The first-order chi connectivity index (χ1) is 13.0. The average Bonchev–Trinajstić information content (AvgIpc) is 3.23. The quantitative estimate of drug-likeness (QED) is 0.835. The number of aryl methyl sites for hydroxylation is 1. The van der Waals surface area contributed by atoms with Crippen LogP contribution < -0.4 is 5.73 Å². The van der Waals surface area contributed by atoms with Crippen LogP contribution in [0.15, 0.2) is 18.2 Å². The SMILES string of the molecule is Cc1nc2c(c(-c3ccc(Cl)cc3Cl)c1CN)C(=O)N(C[C@@H]1CCCO1)C2. The van der Waals surface area contributed by atoms with Crippen LogP contribution in [-0.2, 0) is 17.8 Å². The van der Waals surface area contributed by atoms with E-state index in [0.29, 0.717) is 28.7 Å². The van der Waals surface area contributed by atoms with Gasteiger partial charge in [0.15, 0.2) is 0 Å². The molecule has 0 saturated carbocycles. The molecular weight excluding hydrogens is 385 g/mol. The van der Waals surface area contributed by atoms with Gasteiger partial charge in [0.05, 0.1) is 23.9 Å². The molecule has 1 aromatic carbocycles. The number of nitrogens with two attached hydrogens (primary N) is 1. The van der Waals surface area contributed by atoms with Gasteiger partial charge in [-0.3, -0.25) is 9.78 Å². The fourth-order valence-corrected chi connectivity index (χ4v) is 4.48. The molecule has 0 bridgehead atoms. The van der Waals surface area contributed by atoms with Crippen LogP contribution in [0.2, 0.25) is 10.0 Å². The van der Waals surface area contributed by atoms with Gasteiger partial charge in [0, 0.05) is 46.6 Å². The van der Waals surface area contributed by atoms with Crippen molar-refractivity contribution in [1.29, 1.82) is 0 Å². The standard InChI is InChI=1S/C20H21Cl2N3O2/c1-11-15(8-23)18(14-5-4-12(21)7-16(14)22)19-17(24-11)10-25(20(19)26)9-13-3-2-6-27-13/h4-5,7,13H,2-3,6,8-10,23H2,1H3/t13-/m0/s1. The van der Waals surface area contributed by atoms with Crippen molar-refractivity contribution in [2.45, 2.75) is 39.0 Å². The maximum Gasteiger partial charge on any atom is 0.256 e. The molecule has 1 saturated heterocycles. The maximum absolute atomic E-state index is 13.3. The summed E-state index contributed by atoms with van der Waals surface area (Å²) < 4.78 is 5.71. The number of carbonyl (C=O) groups excluding carboxylic acids is 1. The number of aromatic nitrogens is 1. The third kappa shape index (κ3) is 3.34. The van der Waals surface area contributed by atoms with E-state index in [-0.39, 0.29) is 18.6 Å². The predicted molar refractivity (Wildman–Crippen MR) is 106 cm³/mol. The van der Waals surface area contributed by atoms with Crippen molar-refractivity contribution in [3.8, 4) is 11.1 Å². The van der Waals surface area contributed by atoms with Gasteiger partial charge in [0.1, 0.15) is 0 Å². The number of carbonyl (C=O) groups is 1. The van der Waals surface area contributed by atoms with Gasteiger partial charge >= 0.3 is 0 Å². The average molecular weight is 406 g/mol. The summed E-state index contributed by atoms with van der Waals surface area (Å²) in [5.41, 5.74) is 10.6. The Hall–Kier alpha value is -1.66. The normalized spacial score (nSPS) is 19.0. The number of pyridine rings is 1. The minimum absolute atomic E-state index is 0.0382. The van der Waals surface area contributed by atoms with E-state index in [1.54, 1.807) is 12.1 Å². The highest BCUT2D eigenvalue weighted by Crippen LogP contribution is 2.40. The Bertz CT molecular complexity index is 911. The van der Waals surface area contributed by atoms with E-state index in [4.69, 9.17) is 33.7 Å². The van der Waals surface area contributed by atoms with E-state index in [0.717, 1.165) is 47.5 Å². The van der Waals surface area contributed by atoms with E-state index in [9.17, 15) is 4.79 Å². The van der Waals surface area contributed by atoms with Crippen LogP contribution in [0.3, 0.4) is 0 Å². The molecule has 0 radical (unpaired) electrons. The second-order valence-electron chi connectivity index (χ2n) is 7.02. The zero-order valence-electron chi connectivity index (χ0n) is 15.1. The van der Waals surface area contributed by atoms with Gasteiger partial charge in [-0.05, 0) is 37.5 Å². The first-order valence-corrected chi connectivity index (χ1v) is 9.84. The summed E-state index contributed by atoms with van der Waals surface area (Å²) in [6, 6.07) is 5.30. The Balaban J connectivity index is 1.82. The number of halogens is 2. The van der Waals surface area contributed by atoms with Gasteiger partial charge in [0.2, 0.25) is 0 Å². The molecule has 2 N–H and O–H groups in total. The number of hydrogen-bond acceptors (Lipinski definition) is 4. The molecule has 0 spiro atoms. The van der Waals surface area contributed by atoms with Crippen LogP contribution in [0.1, 0.15) is 40.2 Å². The molecule has 0 unspecified atom stereocenters. The third-order valence-corrected chi connectivity index (χ3v) is 5.82. The molecule has 142 valence electrons. The van der Waals surface area contributed by atoms with E-state index in [1.165, 1.54) is 0 Å². The molecule has 1 atom stereocenters. The Morgan fingerprint density at radius 2 is 2.15 bits per heavy atom. The van der Waals surface area contributed by atoms with Crippen molar-refractivity contribution in [3.05, 3.63) is 50.8 Å². The molecule has 2 aliphatic heterocycles. The van der Waals surface area contributed by atoms with E-state index in [2.05, 4.69) is 4.98 Å². The fraction of sp³-hybridized carbons (Fsp3) is 0.400. The number of hydrogen-bond donors (Lipinski definition) is 1. The fourth-order valence-electron chi connectivity index (χ4n) is 3.98. The molecule has 1 aromatic heterocycles. The summed E-state index contributed by atoms with van der Waals surface area (Å²) in [5, 5.41) is 1.04. The molecule has 27 heavy (non-hydrogen) atoms. The number of nitrogens with zero attached hydrogens (tertiary/aromatic N) is 2. The first kappa shape index (κ1) is 18.7. The largest absolute Gasteiger partial charge is 0.376 e. The van der Waals surface area contributed by atoms with Crippen molar-refractivity contribution in [2.75, 3.05) is 13.2 Å². The van der Waals surface area contributed by atoms with E-state index in [1.807, 2.05) is 17.9 Å². The van der Waals surface area contributed by atoms with Crippen LogP contribution in [0.4, 0.5) is 0 Å². The van der Waals surface area contributed by atoms with Crippen molar-refractivity contribution in [2.24, 2.45) is 5.73 Å². The highest BCUT2D eigenvalue weighted by molar-refractivity contribution is 6.36. The van der Waals surface area contributed by atoms with Gasteiger partial charge in [-0.25, -0.2) is 0 Å². The van der Waals surface area contributed by atoms with E-state index >= 15 is 0 Å². The summed E-state index contributed by atoms with van der Waals surface area (Å²) in [7, 11) is 0. The highest BCUT2D eigenvalue weighted by atomic mass is 35.5. The predicted octanol–water partition coefficient (Wildman–Crippen LogP) is 3.96. The van der Waals surface area contributed by atoms with Crippen molar-refractivity contribution in [3.63, 3.8) is 0 Å². The van der Waals surface area contributed by atoms with Crippen LogP contribution >= 0.6 is 23.2 Å². The monoisotopic (exact) mass is 405 g/mol. The van der Waals surface area contributed by atoms with Crippen molar-refractivity contribution >= 4 is 29.1 Å². The lowest BCUT2D eigenvalue weighted by atomic mass is 9.93. The van der Waals surface area contributed by atoms with E-state index < -0.39 is 0 Å². The van der Waals surface area contributed by atoms with Gasteiger partial charge in [-0.1, -0.05) is 29.3 Å². The second kappa shape index (κ2) is 7.40. The molecule has 4 rings (SSSR count). The molecule has 3 heterocycles. The van der Waals surface area contributed by atoms with Crippen LogP contribution in [0, 0.1) is 6.92 Å². The summed E-state index contributed by atoms with van der Waals surface area (Å²) in [6.45, 7) is 4.03. The topological polar surface area (TPSA) is 68.5 Å². The molecule has 2 aliphatic rings. The summed E-state index contributed by atoms with van der Waals surface area (Å²) in [6.07, 6.45) is 2.12. The number of ether oxygens (including phenoxy) is 1. The molecule has 5 nitrogen and oxygen atoms in total. The molecule has 7 heteroatoms. The smallest absolute Gasteiger partial charge is 0.256 e. The van der Waals surface area contributed by atoms with Crippen molar-refractivity contribution < 1.29 is 9.53 Å². The summed E-state index contributed by atoms with van der Waals surface area (Å²) in [5.74, 6) is -0.0382. The Morgan fingerprint density at radius 3 is 2.81 bits per heavy atom. The zero-order valence-corrected chi connectivity index (χ0v) is 16.6. The minimum atomic E-state index is -0.0382. The van der Waals surface area contributed by atoms with Gasteiger partial charge < -0.3 is 15.4 Å². The molecular formula is C20H21Cl2N3O2. The molecule has 0 aliphatic carbocycles. The third-order valence-electron chi connectivity index (χ3n) is 5.27. The highest BCUT2D eigenvalue weighted by Gasteiger charge is 2.36. The summed E-state index contributed by atoms with van der Waals surface area (Å²) in [4.78, 5) is 19.8. The van der Waals surface area contributed by atoms with Crippen LogP contribution in [0.25, 0.3) is 11.1 Å². The summed E-state index contributed by atoms with van der Waals surface area (Å²) >= 11 is 12.5. The molecule has 1 fully saturated rings. The number of fused-ring (bicyclic) bond motifs is 1. The number of benzene rings is 1. The first-order valence-electron chi connectivity index (χ1n) is 9.08. The lowest BCUT2D eigenvalue weighted by Gasteiger charge is -2.20. The zero-order chi connectivity index (χ0) is 19.1. The second-order valence-corrected chi connectivity index (χ2v) is 7.87. The van der Waals surface area contributed by atoms with Crippen LogP contribution in [0.5, 0.6) is 0 Å². The maximum atomic E-state index is 13.3. The Morgan fingerprint density at radius 1 is 1.33 bits per heavy atom. The minimum Gasteiger partial charge on any atom is -0.376 e.